The first-order valence-corrected chi connectivity index (χ1v) is 6.84. The molecule has 0 bridgehead atoms. The van der Waals surface area contributed by atoms with Gasteiger partial charge in [0.05, 0.1) is 12.6 Å². The minimum atomic E-state index is -0.837. The average molecular weight is 269 g/mol. The Morgan fingerprint density at radius 3 is 2.37 bits per heavy atom. The number of hydrogen-bond donors (Lipinski definition) is 2. The summed E-state index contributed by atoms with van der Waals surface area (Å²) >= 11 is 0. The number of hydrogen-bond acceptors (Lipinski definition) is 4. The molecule has 0 aliphatic heterocycles. The standard InChI is InChI=1S/C14H27N3O2/c1-11(2)14(5,10-15)16-13(19)9-17(12(3)4)7-6-8-18/h11-12,18H,6-9H2,1-5H3,(H,16,19). The van der Waals surface area contributed by atoms with Crippen molar-refractivity contribution < 1.29 is 9.90 Å². The van der Waals surface area contributed by atoms with Crippen molar-refractivity contribution in [3.8, 4) is 6.07 Å². The molecule has 0 spiro atoms. The van der Waals surface area contributed by atoms with E-state index in [1.807, 2.05) is 32.6 Å². The van der Waals surface area contributed by atoms with Gasteiger partial charge in [-0.15, -0.1) is 0 Å². The molecule has 1 atom stereocenters. The molecule has 0 aromatic heterocycles. The molecule has 0 aromatic carbocycles. The highest BCUT2D eigenvalue weighted by molar-refractivity contribution is 5.79. The fraction of sp³-hybridized carbons (Fsp3) is 0.857. The predicted molar refractivity (Wildman–Crippen MR) is 75.4 cm³/mol. The van der Waals surface area contributed by atoms with Crippen LogP contribution in [0.15, 0.2) is 0 Å². The zero-order valence-corrected chi connectivity index (χ0v) is 12.7. The lowest BCUT2D eigenvalue weighted by atomic mass is 9.90. The maximum atomic E-state index is 12.0. The lowest BCUT2D eigenvalue weighted by Gasteiger charge is -2.30. The van der Waals surface area contributed by atoms with Crippen molar-refractivity contribution in [3.05, 3.63) is 0 Å². The number of nitriles is 1. The first-order valence-electron chi connectivity index (χ1n) is 6.84. The quantitative estimate of drug-likeness (QED) is 0.692. The van der Waals surface area contributed by atoms with E-state index >= 15 is 0 Å². The van der Waals surface area contributed by atoms with E-state index in [0.717, 1.165) is 0 Å². The average Bonchev–Trinajstić information content (AvgIpc) is 2.33. The zero-order valence-electron chi connectivity index (χ0n) is 12.7. The summed E-state index contributed by atoms with van der Waals surface area (Å²) in [5.41, 5.74) is -0.837. The lowest BCUT2D eigenvalue weighted by Crippen LogP contribution is -2.52. The third kappa shape index (κ3) is 6.04. The van der Waals surface area contributed by atoms with Crippen LogP contribution in [0.2, 0.25) is 0 Å². The van der Waals surface area contributed by atoms with Gasteiger partial charge < -0.3 is 10.4 Å². The highest BCUT2D eigenvalue weighted by Crippen LogP contribution is 2.15. The largest absolute Gasteiger partial charge is 0.396 e. The van der Waals surface area contributed by atoms with E-state index in [0.29, 0.717) is 13.0 Å². The molecule has 1 amide bonds. The molecule has 0 radical (unpaired) electrons. The first-order chi connectivity index (χ1) is 8.76. The van der Waals surface area contributed by atoms with Crippen LogP contribution in [0.5, 0.6) is 0 Å². The van der Waals surface area contributed by atoms with E-state index in [1.165, 1.54) is 0 Å². The van der Waals surface area contributed by atoms with Crippen molar-refractivity contribution in [3.63, 3.8) is 0 Å². The topological polar surface area (TPSA) is 76.4 Å². The van der Waals surface area contributed by atoms with E-state index in [2.05, 4.69) is 11.4 Å². The number of nitrogens with one attached hydrogen (secondary N) is 1. The smallest absolute Gasteiger partial charge is 0.235 e. The maximum absolute atomic E-state index is 12.0. The van der Waals surface area contributed by atoms with Gasteiger partial charge in [-0.25, -0.2) is 0 Å². The molecule has 0 fully saturated rings. The van der Waals surface area contributed by atoms with Crippen molar-refractivity contribution in [2.45, 2.75) is 52.6 Å². The number of aliphatic hydroxyl groups excluding tert-OH is 1. The summed E-state index contributed by atoms with van der Waals surface area (Å²) in [6.07, 6.45) is 0.644. The molecule has 5 heteroatoms. The zero-order chi connectivity index (χ0) is 15.1. The number of carbonyl (C=O) groups is 1. The van der Waals surface area contributed by atoms with Crippen molar-refractivity contribution in [2.75, 3.05) is 19.7 Å². The summed E-state index contributed by atoms with van der Waals surface area (Å²) in [4.78, 5) is 14.0. The second-order valence-corrected chi connectivity index (χ2v) is 5.66. The Hall–Kier alpha value is -1.12. The molecule has 0 heterocycles. The predicted octanol–water partition coefficient (Wildman–Crippen LogP) is 1.13. The minimum Gasteiger partial charge on any atom is -0.396 e. The lowest BCUT2D eigenvalue weighted by molar-refractivity contribution is -0.124. The highest BCUT2D eigenvalue weighted by atomic mass is 16.3. The molecule has 5 nitrogen and oxygen atoms in total. The highest BCUT2D eigenvalue weighted by Gasteiger charge is 2.30. The second kappa shape index (κ2) is 8.13. The van der Waals surface area contributed by atoms with Crippen LogP contribution in [-0.2, 0) is 4.79 Å². The molecule has 110 valence electrons. The van der Waals surface area contributed by atoms with Crippen LogP contribution in [0.4, 0.5) is 0 Å². The Labute approximate surface area is 116 Å². The van der Waals surface area contributed by atoms with Crippen LogP contribution >= 0.6 is 0 Å². The third-order valence-electron chi connectivity index (χ3n) is 3.47. The van der Waals surface area contributed by atoms with Gasteiger partial charge >= 0.3 is 0 Å². The summed E-state index contributed by atoms with van der Waals surface area (Å²) in [6.45, 7) is 10.6. The fourth-order valence-electron chi connectivity index (χ4n) is 1.61. The van der Waals surface area contributed by atoms with Crippen LogP contribution in [0, 0.1) is 17.2 Å². The Morgan fingerprint density at radius 2 is 2.00 bits per heavy atom. The van der Waals surface area contributed by atoms with Crippen molar-refractivity contribution in [1.29, 1.82) is 5.26 Å². The number of carbonyl (C=O) groups excluding carboxylic acids is 1. The molecule has 0 saturated heterocycles. The summed E-state index contributed by atoms with van der Waals surface area (Å²) in [5.74, 6) is -0.101. The van der Waals surface area contributed by atoms with Crippen molar-refractivity contribution in [2.24, 2.45) is 5.92 Å². The van der Waals surface area contributed by atoms with E-state index in [9.17, 15) is 10.1 Å². The van der Waals surface area contributed by atoms with Gasteiger partial charge in [0.2, 0.25) is 5.91 Å². The van der Waals surface area contributed by atoms with Crippen LogP contribution in [0.1, 0.15) is 41.0 Å². The van der Waals surface area contributed by atoms with Gasteiger partial charge in [-0.2, -0.15) is 5.26 Å². The monoisotopic (exact) mass is 269 g/mol. The summed E-state index contributed by atoms with van der Waals surface area (Å²) in [6, 6.07) is 2.39. The summed E-state index contributed by atoms with van der Waals surface area (Å²) in [5, 5.41) is 20.8. The molecular weight excluding hydrogens is 242 g/mol. The van der Waals surface area contributed by atoms with Crippen LogP contribution in [0.25, 0.3) is 0 Å². The molecule has 2 N–H and O–H groups in total. The third-order valence-corrected chi connectivity index (χ3v) is 3.47. The molecule has 0 aliphatic rings. The van der Waals surface area contributed by atoms with Crippen LogP contribution < -0.4 is 5.32 Å². The number of amides is 1. The van der Waals surface area contributed by atoms with Crippen molar-refractivity contribution >= 4 is 5.91 Å². The number of aliphatic hydroxyl groups is 1. The van der Waals surface area contributed by atoms with Gasteiger partial charge in [-0.3, -0.25) is 9.69 Å². The van der Waals surface area contributed by atoms with Crippen LogP contribution in [0.3, 0.4) is 0 Å². The first kappa shape index (κ1) is 17.9. The normalized spacial score (nSPS) is 14.5. The Kier molecular flexibility index (Phi) is 7.65. The van der Waals surface area contributed by atoms with E-state index in [4.69, 9.17) is 5.11 Å². The Bertz CT molecular complexity index is 323. The van der Waals surface area contributed by atoms with E-state index < -0.39 is 5.54 Å². The van der Waals surface area contributed by atoms with E-state index in [1.54, 1.807) is 6.92 Å². The van der Waals surface area contributed by atoms with Crippen LogP contribution in [-0.4, -0.2) is 47.2 Å². The molecule has 0 aromatic rings. The number of nitrogens with zero attached hydrogens (tertiary/aromatic N) is 2. The van der Waals surface area contributed by atoms with Gasteiger partial charge in [-0.1, -0.05) is 13.8 Å². The second-order valence-electron chi connectivity index (χ2n) is 5.66. The SMILES string of the molecule is CC(C)N(CCCO)CC(=O)NC(C)(C#N)C(C)C. The maximum Gasteiger partial charge on any atom is 0.235 e. The Balaban J connectivity index is 4.54. The van der Waals surface area contributed by atoms with Gasteiger partial charge in [0.15, 0.2) is 0 Å². The molecule has 0 rings (SSSR count). The molecular formula is C14H27N3O2. The molecule has 19 heavy (non-hydrogen) atoms. The summed E-state index contributed by atoms with van der Waals surface area (Å²) < 4.78 is 0. The molecule has 1 unspecified atom stereocenters. The van der Waals surface area contributed by atoms with Gasteiger partial charge in [0.25, 0.3) is 0 Å². The van der Waals surface area contributed by atoms with E-state index in [-0.39, 0.29) is 31.0 Å². The van der Waals surface area contributed by atoms with Gasteiger partial charge in [0, 0.05) is 19.2 Å². The summed E-state index contributed by atoms with van der Waals surface area (Å²) in [7, 11) is 0. The van der Waals surface area contributed by atoms with Gasteiger partial charge in [-0.05, 0) is 33.1 Å². The minimum absolute atomic E-state index is 0.0476. The van der Waals surface area contributed by atoms with Crippen molar-refractivity contribution in [1.82, 2.24) is 10.2 Å². The molecule has 0 saturated carbocycles. The molecule has 0 aliphatic carbocycles. The Morgan fingerprint density at radius 1 is 1.42 bits per heavy atom. The van der Waals surface area contributed by atoms with Gasteiger partial charge in [0.1, 0.15) is 5.54 Å². The number of rotatable bonds is 8. The fourth-order valence-corrected chi connectivity index (χ4v) is 1.61.